The summed E-state index contributed by atoms with van der Waals surface area (Å²) in [4.78, 5) is 7.26. The Bertz CT molecular complexity index is 731. The summed E-state index contributed by atoms with van der Waals surface area (Å²) in [6.45, 7) is 5.17. The van der Waals surface area contributed by atoms with E-state index in [9.17, 15) is 0 Å². The van der Waals surface area contributed by atoms with E-state index in [0.29, 0.717) is 17.7 Å². The number of hydrogen-bond acceptors (Lipinski definition) is 6. The Labute approximate surface area is 165 Å². The molecule has 2 heterocycles. The number of rotatable bonds is 8. The Morgan fingerprint density at radius 3 is 2.81 bits per heavy atom. The van der Waals surface area contributed by atoms with Crippen LogP contribution in [0, 0.1) is 5.92 Å². The topological polar surface area (TPSA) is 59.8 Å². The number of piperidine rings is 1. The number of halogens is 1. The molecular formula is C20H25ClN4O2. The van der Waals surface area contributed by atoms with Gasteiger partial charge in [-0.3, -0.25) is 0 Å². The van der Waals surface area contributed by atoms with Crippen molar-refractivity contribution in [3.05, 3.63) is 47.1 Å². The van der Waals surface area contributed by atoms with Crippen LogP contribution in [-0.4, -0.2) is 42.7 Å². The number of benzene rings is 1. The highest BCUT2D eigenvalue weighted by Gasteiger charge is 2.20. The van der Waals surface area contributed by atoms with Crippen LogP contribution in [-0.2, 0) is 4.84 Å². The maximum atomic E-state index is 5.93. The van der Waals surface area contributed by atoms with Crippen molar-refractivity contribution >= 4 is 23.6 Å². The van der Waals surface area contributed by atoms with E-state index < -0.39 is 0 Å². The highest BCUT2D eigenvalue weighted by atomic mass is 35.5. The Morgan fingerprint density at radius 2 is 2.07 bits per heavy atom. The first-order chi connectivity index (χ1) is 13.2. The van der Waals surface area contributed by atoms with E-state index in [4.69, 9.17) is 21.2 Å². The van der Waals surface area contributed by atoms with Crippen LogP contribution >= 0.6 is 11.6 Å². The maximum Gasteiger partial charge on any atom is 0.151 e. The number of oxime groups is 1. The Morgan fingerprint density at radius 1 is 1.22 bits per heavy atom. The van der Waals surface area contributed by atoms with Gasteiger partial charge in [0.25, 0.3) is 0 Å². The number of nitrogens with zero attached hydrogens (tertiary/aromatic N) is 4. The number of aromatic nitrogens is 2. The summed E-state index contributed by atoms with van der Waals surface area (Å²) >= 11 is 5.80. The summed E-state index contributed by atoms with van der Waals surface area (Å²) in [6, 6.07) is 11.6. The van der Waals surface area contributed by atoms with Crippen molar-refractivity contribution in [1.29, 1.82) is 0 Å². The minimum absolute atomic E-state index is 0.430. The lowest BCUT2D eigenvalue weighted by molar-refractivity contribution is 0.160. The lowest BCUT2D eigenvalue weighted by atomic mass is 9.94. The summed E-state index contributed by atoms with van der Waals surface area (Å²) in [5.41, 5.74) is 0.971. The molecule has 0 saturated carbocycles. The second-order valence-corrected chi connectivity index (χ2v) is 6.89. The number of hydrogen-bond donors (Lipinski definition) is 0. The minimum atomic E-state index is 0.430. The summed E-state index contributed by atoms with van der Waals surface area (Å²) in [6.07, 6.45) is 5.02. The third-order valence-corrected chi connectivity index (χ3v) is 4.82. The van der Waals surface area contributed by atoms with E-state index in [-0.39, 0.29) is 0 Å². The van der Waals surface area contributed by atoms with E-state index in [1.807, 2.05) is 37.3 Å². The largest absolute Gasteiger partial charge is 0.494 e. The fourth-order valence-electron chi connectivity index (χ4n) is 3.13. The number of ether oxygens (including phenoxy) is 1. The molecule has 0 bridgehead atoms. The van der Waals surface area contributed by atoms with E-state index in [0.717, 1.165) is 56.1 Å². The molecule has 1 aromatic carbocycles. The zero-order chi connectivity index (χ0) is 18.9. The molecule has 6 nitrogen and oxygen atoms in total. The molecule has 0 radical (unpaired) electrons. The van der Waals surface area contributed by atoms with E-state index >= 15 is 0 Å². The quantitative estimate of drug-likeness (QED) is 0.501. The standard InChI is InChI=1S/C20H25ClN4O2/c1-2-27-22-15-17-4-3-5-18(14-17)26-13-10-16-8-11-25(12-9-16)20-7-6-19(21)23-24-20/h3-7,14-16H,2,8-13H2,1H3/b22-15+. The van der Waals surface area contributed by atoms with Gasteiger partial charge in [-0.05, 0) is 61.9 Å². The molecule has 1 fully saturated rings. The fourth-order valence-corrected chi connectivity index (χ4v) is 3.23. The normalized spacial score (nSPS) is 15.3. The number of anilines is 1. The molecule has 7 heteroatoms. The molecule has 0 aliphatic carbocycles. The predicted molar refractivity (Wildman–Crippen MR) is 108 cm³/mol. The highest BCUT2D eigenvalue weighted by molar-refractivity contribution is 6.29. The lowest BCUT2D eigenvalue weighted by Gasteiger charge is -2.32. The third-order valence-electron chi connectivity index (χ3n) is 4.61. The van der Waals surface area contributed by atoms with Gasteiger partial charge in [-0.1, -0.05) is 28.9 Å². The van der Waals surface area contributed by atoms with Crippen LogP contribution in [0.2, 0.25) is 5.15 Å². The average Bonchev–Trinajstić information content (AvgIpc) is 2.70. The molecule has 3 rings (SSSR count). The summed E-state index contributed by atoms with van der Waals surface area (Å²) in [7, 11) is 0. The molecule has 144 valence electrons. The molecule has 1 saturated heterocycles. The first-order valence-corrected chi connectivity index (χ1v) is 9.75. The van der Waals surface area contributed by atoms with Crippen LogP contribution in [0.3, 0.4) is 0 Å². The van der Waals surface area contributed by atoms with Gasteiger partial charge in [0.1, 0.15) is 12.4 Å². The second kappa shape index (κ2) is 10.1. The fraction of sp³-hybridized carbons (Fsp3) is 0.450. The van der Waals surface area contributed by atoms with Crippen LogP contribution in [0.4, 0.5) is 5.82 Å². The van der Waals surface area contributed by atoms with Crippen LogP contribution < -0.4 is 9.64 Å². The molecule has 2 aromatic rings. The molecule has 1 aliphatic rings. The molecule has 1 aromatic heterocycles. The smallest absolute Gasteiger partial charge is 0.151 e. The van der Waals surface area contributed by atoms with Gasteiger partial charge in [0.05, 0.1) is 12.8 Å². The summed E-state index contributed by atoms with van der Waals surface area (Å²) in [5, 5.41) is 12.4. The predicted octanol–water partition coefficient (Wildman–Crippen LogP) is 4.19. The first kappa shape index (κ1) is 19.4. The van der Waals surface area contributed by atoms with Crippen molar-refractivity contribution in [3.8, 4) is 5.75 Å². The zero-order valence-electron chi connectivity index (χ0n) is 15.6. The molecule has 0 atom stereocenters. The van der Waals surface area contributed by atoms with Crippen LogP contribution in [0.15, 0.2) is 41.6 Å². The minimum Gasteiger partial charge on any atom is -0.494 e. The van der Waals surface area contributed by atoms with Crippen molar-refractivity contribution in [2.45, 2.75) is 26.2 Å². The molecule has 0 spiro atoms. The van der Waals surface area contributed by atoms with Crippen LogP contribution in [0.25, 0.3) is 0 Å². The van der Waals surface area contributed by atoms with Crippen molar-refractivity contribution in [1.82, 2.24) is 10.2 Å². The summed E-state index contributed by atoms with van der Waals surface area (Å²) < 4.78 is 5.93. The molecule has 0 amide bonds. The lowest BCUT2D eigenvalue weighted by Crippen LogP contribution is -2.34. The average molecular weight is 389 g/mol. The first-order valence-electron chi connectivity index (χ1n) is 9.37. The zero-order valence-corrected chi connectivity index (χ0v) is 16.3. The Kier molecular flexibility index (Phi) is 7.27. The monoisotopic (exact) mass is 388 g/mol. The second-order valence-electron chi connectivity index (χ2n) is 6.51. The molecule has 1 aliphatic heterocycles. The van der Waals surface area contributed by atoms with E-state index in [2.05, 4.69) is 20.3 Å². The van der Waals surface area contributed by atoms with Crippen molar-refractivity contribution < 1.29 is 9.57 Å². The molecule has 0 N–H and O–H groups in total. The third kappa shape index (κ3) is 6.10. The van der Waals surface area contributed by atoms with Gasteiger partial charge in [-0.15, -0.1) is 10.2 Å². The van der Waals surface area contributed by atoms with Crippen LogP contribution in [0.5, 0.6) is 5.75 Å². The van der Waals surface area contributed by atoms with Gasteiger partial charge in [-0.25, -0.2) is 0 Å². The Balaban J connectivity index is 1.40. The maximum absolute atomic E-state index is 5.93. The molecule has 27 heavy (non-hydrogen) atoms. The van der Waals surface area contributed by atoms with Gasteiger partial charge < -0.3 is 14.5 Å². The van der Waals surface area contributed by atoms with E-state index in [1.54, 1.807) is 12.3 Å². The highest BCUT2D eigenvalue weighted by Crippen LogP contribution is 2.24. The van der Waals surface area contributed by atoms with Crippen molar-refractivity contribution in [2.24, 2.45) is 11.1 Å². The van der Waals surface area contributed by atoms with Crippen LogP contribution in [0.1, 0.15) is 31.7 Å². The SMILES string of the molecule is CCO/N=C/c1cccc(OCCC2CCN(c3ccc(Cl)nn3)CC2)c1. The van der Waals surface area contributed by atoms with Gasteiger partial charge in [-0.2, -0.15) is 0 Å². The molecular weight excluding hydrogens is 364 g/mol. The van der Waals surface area contributed by atoms with Gasteiger partial charge in [0, 0.05) is 13.1 Å². The summed E-state index contributed by atoms with van der Waals surface area (Å²) in [5.74, 6) is 2.44. The van der Waals surface area contributed by atoms with Crippen molar-refractivity contribution in [3.63, 3.8) is 0 Å². The van der Waals surface area contributed by atoms with Gasteiger partial charge in [0.15, 0.2) is 11.0 Å². The Hall–Kier alpha value is -2.34. The van der Waals surface area contributed by atoms with Crippen molar-refractivity contribution in [2.75, 3.05) is 31.2 Å². The van der Waals surface area contributed by atoms with E-state index in [1.165, 1.54) is 0 Å². The molecule has 0 unspecified atom stereocenters. The van der Waals surface area contributed by atoms with Gasteiger partial charge in [0.2, 0.25) is 0 Å². The van der Waals surface area contributed by atoms with Gasteiger partial charge >= 0.3 is 0 Å².